The summed E-state index contributed by atoms with van der Waals surface area (Å²) in [5.41, 5.74) is 3.54. The molecule has 1 unspecified atom stereocenters. The number of thiophene rings is 1. The number of benzene rings is 1. The minimum atomic E-state index is -3.58. The number of nitrogens with zero attached hydrogens (tertiary/aromatic N) is 2. The van der Waals surface area contributed by atoms with E-state index in [0.717, 1.165) is 40.2 Å². The van der Waals surface area contributed by atoms with Crippen LogP contribution in [0.4, 0.5) is 5.69 Å². The number of hydrogen-bond donors (Lipinski definition) is 1. The lowest BCUT2D eigenvalue weighted by Gasteiger charge is -2.19. The van der Waals surface area contributed by atoms with Crippen LogP contribution in [0.5, 0.6) is 0 Å². The Labute approximate surface area is 167 Å². The van der Waals surface area contributed by atoms with Gasteiger partial charge in [-0.15, -0.1) is 11.3 Å². The van der Waals surface area contributed by atoms with Crippen molar-refractivity contribution in [3.05, 3.63) is 47.0 Å². The van der Waals surface area contributed by atoms with Crippen LogP contribution in [0.2, 0.25) is 0 Å². The summed E-state index contributed by atoms with van der Waals surface area (Å²) < 4.78 is 27.6. The maximum Gasteiger partial charge on any atom is 0.273 e. The molecule has 5 nitrogen and oxygen atoms in total. The number of aliphatic imine (C=N–C) groups is 1. The van der Waals surface area contributed by atoms with E-state index >= 15 is 0 Å². The monoisotopic (exact) mass is 419 g/mol. The molecule has 27 heavy (non-hydrogen) atoms. The Hall–Kier alpha value is -1.77. The summed E-state index contributed by atoms with van der Waals surface area (Å²) in [4.78, 5) is 8.10. The van der Waals surface area contributed by atoms with Crippen LogP contribution < -0.4 is 4.31 Å². The fourth-order valence-corrected chi connectivity index (χ4v) is 6.56. The number of nitrogens with one attached hydrogen (secondary N) is 1. The maximum absolute atomic E-state index is 13.0. The molecule has 2 aromatic heterocycles. The van der Waals surface area contributed by atoms with Crippen LogP contribution in [0.3, 0.4) is 0 Å². The summed E-state index contributed by atoms with van der Waals surface area (Å²) in [5, 5.41) is 4.33. The fourth-order valence-electron chi connectivity index (χ4n) is 3.18. The second-order valence-electron chi connectivity index (χ2n) is 6.57. The summed E-state index contributed by atoms with van der Waals surface area (Å²) in [6.07, 6.45) is 1.09. The fraction of sp³-hybridized carbons (Fsp3) is 0.316. The van der Waals surface area contributed by atoms with Crippen molar-refractivity contribution in [1.29, 1.82) is 0 Å². The van der Waals surface area contributed by atoms with E-state index in [1.54, 1.807) is 36.3 Å². The minimum Gasteiger partial charge on any atom is -0.351 e. The summed E-state index contributed by atoms with van der Waals surface area (Å²) >= 11 is 3.02. The minimum absolute atomic E-state index is 0.340. The largest absolute Gasteiger partial charge is 0.351 e. The number of thioether (sulfide) groups is 1. The third-order valence-electron chi connectivity index (χ3n) is 4.84. The molecule has 8 heteroatoms. The number of sulfonamides is 1. The third kappa shape index (κ3) is 3.19. The zero-order chi connectivity index (χ0) is 19.2. The van der Waals surface area contributed by atoms with Gasteiger partial charge in [0.15, 0.2) is 0 Å². The Kier molecular flexibility index (Phi) is 4.82. The van der Waals surface area contributed by atoms with Gasteiger partial charge in [0.25, 0.3) is 10.0 Å². The van der Waals surface area contributed by atoms with Gasteiger partial charge in [-0.3, -0.25) is 9.30 Å². The van der Waals surface area contributed by atoms with Crippen LogP contribution in [0, 0.1) is 6.92 Å². The van der Waals surface area contributed by atoms with E-state index in [1.807, 2.05) is 19.1 Å². The van der Waals surface area contributed by atoms with Crippen LogP contribution in [-0.4, -0.2) is 37.3 Å². The van der Waals surface area contributed by atoms with E-state index < -0.39 is 10.0 Å². The van der Waals surface area contributed by atoms with E-state index in [1.165, 1.54) is 15.6 Å². The van der Waals surface area contributed by atoms with Gasteiger partial charge in [-0.1, -0.05) is 30.8 Å². The number of rotatable bonds is 5. The molecule has 0 aliphatic carbocycles. The van der Waals surface area contributed by atoms with Gasteiger partial charge >= 0.3 is 0 Å². The molecule has 1 aliphatic rings. The molecule has 3 aromatic rings. The number of aromatic nitrogens is 1. The zero-order valence-corrected chi connectivity index (χ0v) is 17.8. The van der Waals surface area contributed by atoms with Gasteiger partial charge in [-0.05, 0) is 42.5 Å². The molecule has 0 bridgehead atoms. The molecule has 1 aromatic carbocycles. The van der Waals surface area contributed by atoms with E-state index in [0.29, 0.717) is 15.1 Å². The molecular formula is C19H21N3O2S3. The highest BCUT2D eigenvalue weighted by molar-refractivity contribution is 8.15. The highest BCUT2D eigenvalue weighted by atomic mass is 32.2. The Bertz CT molecular complexity index is 1110. The standard InChI is InChI=1S/C19H21N3O2S3/c1-4-13-11-20-19(26-13)15-10-14-12(2)7-8-16(18(14)21-15)22(3)27(23,24)17-6-5-9-25-17/h5-10,13,21H,4,11H2,1-3H3. The molecular weight excluding hydrogens is 398 g/mol. The van der Waals surface area contributed by atoms with Crippen molar-refractivity contribution in [2.24, 2.45) is 4.99 Å². The first-order valence-electron chi connectivity index (χ1n) is 8.78. The van der Waals surface area contributed by atoms with E-state index in [4.69, 9.17) is 0 Å². The first kappa shape index (κ1) is 18.6. The molecule has 4 rings (SSSR count). The lowest BCUT2D eigenvalue weighted by molar-refractivity contribution is 0.596. The van der Waals surface area contributed by atoms with Crippen molar-refractivity contribution in [2.45, 2.75) is 29.7 Å². The zero-order valence-electron chi connectivity index (χ0n) is 15.4. The SMILES string of the molecule is CCC1CN=C(c2cc3c(C)ccc(N(C)S(=O)(=O)c4cccs4)c3[nH]2)S1. The number of fused-ring (bicyclic) bond motifs is 1. The van der Waals surface area contributed by atoms with Crippen LogP contribution in [-0.2, 0) is 10.0 Å². The summed E-state index contributed by atoms with van der Waals surface area (Å²) in [7, 11) is -1.97. The average Bonchev–Trinajstić information content (AvgIpc) is 3.40. The molecule has 0 fully saturated rings. The van der Waals surface area contributed by atoms with Crippen LogP contribution in [0.15, 0.2) is 44.9 Å². The first-order valence-corrected chi connectivity index (χ1v) is 12.0. The maximum atomic E-state index is 13.0. The van der Waals surface area contributed by atoms with Crippen LogP contribution in [0.1, 0.15) is 24.6 Å². The molecule has 1 aliphatic heterocycles. The van der Waals surface area contributed by atoms with Crippen LogP contribution in [0.25, 0.3) is 10.9 Å². The van der Waals surface area contributed by atoms with Crippen molar-refractivity contribution in [3.63, 3.8) is 0 Å². The molecule has 1 N–H and O–H groups in total. The Morgan fingerprint density at radius 3 is 2.81 bits per heavy atom. The van der Waals surface area contributed by atoms with Crippen molar-refractivity contribution in [3.8, 4) is 0 Å². The summed E-state index contributed by atoms with van der Waals surface area (Å²) in [6, 6.07) is 9.30. The van der Waals surface area contributed by atoms with Gasteiger partial charge in [0, 0.05) is 17.7 Å². The van der Waals surface area contributed by atoms with Gasteiger partial charge in [0.1, 0.15) is 9.25 Å². The third-order valence-corrected chi connectivity index (χ3v) is 9.37. The topological polar surface area (TPSA) is 65.5 Å². The van der Waals surface area contributed by atoms with Gasteiger partial charge < -0.3 is 4.98 Å². The molecule has 0 saturated carbocycles. The lowest BCUT2D eigenvalue weighted by Crippen LogP contribution is -2.26. The quantitative estimate of drug-likeness (QED) is 0.655. The Morgan fingerprint density at radius 2 is 2.15 bits per heavy atom. The average molecular weight is 420 g/mol. The predicted molar refractivity (Wildman–Crippen MR) is 116 cm³/mol. The second kappa shape index (κ2) is 7.00. The highest BCUT2D eigenvalue weighted by Gasteiger charge is 2.26. The molecule has 0 saturated heterocycles. The van der Waals surface area contributed by atoms with Gasteiger partial charge in [-0.2, -0.15) is 0 Å². The first-order chi connectivity index (χ1) is 12.9. The van der Waals surface area contributed by atoms with Crippen molar-refractivity contribution in [1.82, 2.24) is 4.98 Å². The van der Waals surface area contributed by atoms with E-state index in [2.05, 4.69) is 23.0 Å². The molecule has 142 valence electrons. The van der Waals surface area contributed by atoms with Crippen molar-refractivity contribution >= 4 is 54.8 Å². The number of hydrogen-bond acceptors (Lipinski definition) is 5. The normalized spacial score (nSPS) is 17.4. The summed E-state index contributed by atoms with van der Waals surface area (Å²) in [6.45, 7) is 5.05. The van der Waals surface area contributed by atoms with Gasteiger partial charge in [0.05, 0.1) is 23.4 Å². The smallest absolute Gasteiger partial charge is 0.273 e. The number of H-pyrrole nitrogens is 1. The molecule has 0 radical (unpaired) electrons. The van der Waals surface area contributed by atoms with Gasteiger partial charge in [0.2, 0.25) is 0 Å². The number of anilines is 1. The molecule has 3 heterocycles. The van der Waals surface area contributed by atoms with Crippen molar-refractivity contribution < 1.29 is 8.42 Å². The summed E-state index contributed by atoms with van der Waals surface area (Å²) in [5.74, 6) is 0. The van der Waals surface area contributed by atoms with E-state index in [9.17, 15) is 8.42 Å². The lowest BCUT2D eigenvalue weighted by atomic mass is 10.1. The predicted octanol–water partition coefficient (Wildman–Crippen LogP) is 4.63. The van der Waals surface area contributed by atoms with E-state index in [-0.39, 0.29) is 0 Å². The van der Waals surface area contributed by atoms with Gasteiger partial charge in [-0.25, -0.2) is 8.42 Å². The van der Waals surface area contributed by atoms with Crippen molar-refractivity contribution in [2.75, 3.05) is 17.9 Å². The highest BCUT2D eigenvalue weighted by Crippen LogP contribution is 2.35. The molecule has 0 amide bonds. The molecule has 1 atom stereocenters. The second-order valence-corrected chi connectivity index (χ2v) is 11.0. The van der Waals surface area contributed by atoms with Crippen LogP contribution >= 0.6 is 23.1 Å². The number of aryl methyl sites for hydroxylation is 1. The Morgan fingerprint density at radius 1 is 1.33 bits per heavy atom. The number of aromatic amines is 1. The molecule has 0 spiro atoms. The Balaban J connectivity index is 1.79.